The number of thiophene rings is 1. The Morgan fingerprint density at radius 3 is 1.21 bits per heavy atom. The monoisotopic (exact) mass is 821 g/mol. The average molecular weight is 817 g/mol. The van der Waals surface area contributed by atoms with Gasteiger partial charge < -0.3 is 8.98 Å². The van der Waals surface area contributed by atoms with E-state index in [0.29, 0.717) is 31.3 Å². The Morgan fingerprint density at radius 1 is 0.294 bits per heavy atom. The summed E-state index contributed by atoms with van der Waals surface area (Å²) in [6, 6.07) is 3.21. The number of rotatable bonds is 3. The van der Waals surface area contributed by atoms with Crippen LogP contribution in [0.15, 0.2) is 16.5 Å². The molecule has 3 aromatic heterocycles. The zero-order valence-electron chi connectivity index (χ0n) is 35.7. The maximum atomic E-state index is 7.27. The molecule has 10 aromatic rings. The molecule has 2 nitrogen and oxygen atoms in total. The molecule has 46 radical (unpaired) electrons. The van der Waals surface area contributed by atoms with Crippen LogP contribution in [0.5, 0.6) is 0 Å². The summed E-state index contributed by atoms with van der Waals surface area (Å²) >= 11 is 1.22. The Bertz CT molecular complexity index is 4050. The van der Waals surface area contributed by atoms with Gasteiger partial charge in [0.1, 0.15) is 192 Å². The second-order valence-electron chi connectivity index (χ2n) is 16.6. The first-order valence-corrected chi connectivity index (χ1v) is 20.8. The third kappa shape index (κ3) is 5.97. The minimum atomic E-state index is -0.124. The van der Waals surface area contributed by atoms with Crippen LogP contribution in [0.4, 0.5) is 0 Å². The molecule has 0 aliphatic heterocycles. The van der Waals surface area contributed by atoms with Crippen molar-refractivity contribution in [3.63, 3.8) is 0 Å². The molecule has 0 amide bonds. The minimum Gasteiger partial charge on any atom is -0.456 e. The summed E-state index contributed by atoms with van der Waals surface area (Å²) in [6.45, 7) is 0. The molecule has 0 saturated carbocycles. The lowest BCUT2D eigenvalue weighted by Gasteiger charge is -2.24. The van der Waals surface area contributed by atoms with Crippen LogP contribution >= 0.6 is 11.3 Å². The number of aromatic nitrogens is 1. The van der Waals surface area contributed by atoms with E-state index in [9.17, 15) is 0 Å². The fraction of sp³-hybridized carbons (Fsp3) is 0. The highest BCUT2D eigenvalue weighted by Gasteiger charge is 2.30. The van der Waals surface area contributed by atoms with Crippen molar-refractivity contribution in [2.24, 2.45) is 0 Å². The van der Waals surface area contributed by atoms with Crippen LogP contribution in [0.25, 0.3) is 91.9 Å². The second-order valence-corrected chi connectivity index (χ2v) is 17.6. The van der Waals surface area contributed by atoms with Gasteiger partial charge in [0, 0.05) is 47.8 Å². The van der Waals surface area contributed by atoms with Crippen molar-refractivity contribution in [1.82, 2.24) is 4.57 Å². The molecule has 0 spiro atoms. The molecule has 0 N–H and O–H groups in total. The first-order chi connectivity index (χ1) is 31.9. The maximum Gasteiger partial charge on any atom is 0.141 e. The van der Waals surface area contributed by atoms with Gasteiger partial charge >= 0.3 is 0 Å². The van der Waals surface area contributed by atoms with E-state index >= 15 is 0 Å². The van der Waals surface area contributed by atoms with Crippen molar-refractivity contribution in [2.45, 2.75) is 0 Å². The van der Waals surface area contributed by atoms with Gasteiger partial charge in [-0.15, -0.1) is 55.0 Å². The average Bonchev–Trinajstić information content (AvgIpc) is 4.00. The normalized spacial score (nSPS) is 12.0. The Balaban J connectivity index is 1.33. The minimum absolute atomic E-state index is 0.00751. The van der Waals surface area contributed by atoms with Crippen LogP contribution in [-0.2, 0) is 0 Å². The number of fused-ring (bicyclic) bond motifs is 9. The molecule has 0 saturated heterocycles. The standard InChI is InChI=1S/C42H2B23NOS/c43-4-1-3(6-16(46)24(54)22(52)13-14-23(53)28(58)31(61)35(65)42(14)68-41(6)13)2-5(44)36(4)66-37-8(9-18(48)26(56)29(59)33(63)38(9)66)15(45)7(17(47)32(37)62)10-19(49)25(55)20(50)11-12-21(51)27(57)30(60)34(64)40(12)67-39(10)11/h1-2H. The molecule has 3 heterocycles. The van der Waals surface area contributed by atoms with Crippen molar-refractivity contribution >= 4 is 381 Å². The zero-order chi connectivity index (χ0) is 49.5. The Labute approximate surface area is 427 Å². The second kappa shape index (κ2) is 15.9. The van der Waals surface area contributed by atoms with Gasteiger partial charge in [-0.3, -0.25) is 0 Å². The number of furan rings is 1. The third-order valence-electron chi connectivity index (χ3n) is 13.1. The molecule has 0 fully saturated rings. The number of nitrogens with zero attached hydrogens (tertiary/aromatic N) is 1. The molecule has 0 atom stereocenters. The molecule has 0 unspecified atom stereocenters. The van der Waals surface area contributed by atoms with E-state index in [-0.39, 0.29) is 186 Å². The van der Waals surface area contributed by atoms with Crippen molar-refractivity contribution in [2.75, 3.05) is 0 Å². The van der Waals surface area contributed by atoms with E-state index < -0.39 is 0 Å². The van der Waals surface area contributed by atoms with Crippen LogP contribution in [0.1, 0.15) is 0 Å². The van der Waals surface area contributed by atoms with Crippen LogP contribution in [0.2, 0.25) is 0 Å². The lowest BCUT2D eigenvalue weighted by Crippen LogP contribution is -2.48. The smallest absolute Gasteiger partial charge is 0.141 e. The largest absolute Gasteiger partial charge is 0.456 e. The van der Waals surface area contributed by atoms with E-state index in [2.05, 4.69) is 0 Å². The summed E-state index contributed by atoms with van der Waals surface area (Å²) in [7, 11) is 153. The van der Waals surface area contributed by atoms with Crippen molar-refractivity contribution in [3.05, 3.63) is 12.1 Å². The molecule has 7 aromatic carbocycles. The molecule has 0 aliphatic carbocycles. The van der Waals surface area contributed by atoms with Crippen LogP contribution in [0, 0.1) is 0 Å². The summed E-state index contributed by atoms with van der Waals surface area (Å²) in [6.07, 6.45) is 0. The van der Waals surface area contributed by atoms with E-state index in [1.807, 2.05) is 0 Å². The highest BCUT2D eigenvalue weighted by molar-refractivity contribution is 7.28. The summed E-state index contributed by atoms with van der Waals surface area (Å²) in [5, 5.41) is 1.65. The third-order valence-corrected chi connectivity index (χ3v) is 14.4. The van der Waals surface area contributed by atoms with E-state index in [0.717, 1.165) is 0 Å². The van der Waals surface area contributed by atoms with Crippen LogP contribution in [-0.4, -0.2) is 185 Å². The number of hydrogen-bond donors (Lipinski definition) is 0. The molecular weight excluding hydrogens is 815 g/mol. The van der Waals surface area contributed by atoms with Crippen molar-refractivity contribution < 1.29 is 4.42 Å². The Hall–Kier alpha value is -4.15. The molecule has 256 valence electrons. The van der Waals surface area contributed by atoms with Crippen LogP contribution < -0.4 is 126 Å². The first-order valence-electron chi connectivity index (χ1n) is 20.0. The Morgan fingerprint density at radius 2 is 0.662 bits per heavy atom. The van der Waals surface area contributed by atoms with Gasteiger partial charge in [-0.25, -0.2) is 0 Å². The molecule has 0 aliphatic rings. The van der Waals surface area contributed by atoms with Gasteiger partial charge in [-0.1, -0.05) is 94.1 Å². The summed E-state index contributed by atoms with van der Waals surface area (Å²) in [5.74, 6) is 0. The first kappa shape index (κ1) is 47.5. The van der Waals surface area contributed by atoms with Gasteiger partial charge in [0.2, 0.25) is 0 Å². The summed E-state index contributed by atoms with van der Waals surface area (Å²) < 4.78 is 8.98. The number of benzene rings is 7. The summed E-state index contributed by atoms with van der Waals surface area (Å²) in [4.78, 5) is 0. The summed E-state index contributed by atoms with van der Waals surface area (Å²) in [5.41, 5.74) is 1.64. The van der Waals surface area contributed by atoms with Gasteiger partial charge in [0.25, 0.3) is 0 Å². The Kier molecular flexibility index (Phi) is 11.1. The van der Waals surface area contributed by atoms with E-state index in [1.54, 1.807) is 16.7 Å². The predicted molar refractivity (Wildman–Crippen MR) is 316 cm³/mol. The van der Waals surface area contributed by atoms with E-state index in [4.69, 9.17) is 185 Å². The molecular formula is C42H2B23NOS. The molecule has 68 heavy (non-hydrogen) atoms. The lowest BCUT2D eigenvalue weighted by atomic mass is 9.62. The fourth-order valence-corrected chi connectivity index (χ4v) is 11.0. The van der Waals surface area contributed by atoms with Gasteiger partial charge in [0.15, 0.2) is 0 Å². The quantitative estimate of drug-likeness (QED) is 0.162. The zero-order valence-corrected chi connectivity index (χ0v) is 36.5. The highest BCUT2D eigenvalue weighted by Crippen LogP contribution is 2.37. The lowest BCUT2D eigenvalue weighted by molar-refractivity contribution is 0.673. The predicted octanol–water partition coefficient (Wildman–Crippen LogP) is -15.4. The highest BCUT2D eigenvalue weighted by atomic mass is 32.1. The molecule has 10 rings (SSSR count). The fourth-order valence-electron chi connectivity index (χ4n) is 9.59. The van der Waals surface area contributed by atoms with E-state index in [1.165, 1.54) is 11.3 Å². The van der Waals surface area contributed by atoms with Gasteiger partial charge in [-0.2, -0.15) is 0 Å². The topological polar surface area (TPSA) is 18.1 Å². The number of hydrogen-bond acceptors (Lipinski definition) is 2. The molecule has 26 heteroatoms. The van der Waals surface area contributed by atoms with Crippen molar-refractivity contribution in [1.29, 1.82) is 0 Å². The SMILES string of the molecule is [B]c1cc(-c2c([B])c([B])c([B])c3c2sc2c([B])c([B])c([B])c([B])c23)cc([B])c1-n1c2c([B])c([B])c([B])c([B])c2c2c([B])c(-c3c([B])c([B])c([B])c4c3oc3c([B])c([B])c([B])c([B])c34)c([B])c([B])c21. The van der Waals surface area contributed by atoms with Gasteiger partial charge in [-0.05, 0) is 32.8 Å². The molecule has 0 bridgehead atoms. The van der Waals surface area contributed by atoms with Crippen LogP contribution in [0.3, 0.4) is 0 Å². The van der Waals surface area contributed by atoms with Gasteiger partial charge in [0.05, 0.1) is 0 Å². The van der Waals surface area contributed by atoms with Crippen molar-refractivity contribution in [3.8, 4) is 27.9 Å². The maximum absolute atomic E-state index is 7.27.